The molecule has 1 atom stereocenters. The van der Waals surface area contributed by atoms with Gasteiger partial charge < -0.3 is 20.0 Å². The van der Waals surface area contributed by atoms with Crippen molar-refractivity contribution in [1.82, 2.24) is 15.5 Å². The third kappa shape index (κ3) is 5.13. The minimum Gasteiger partial charge on any atom is -0.467 e. The molecule has 3 rings (SSSR count). The first-order valence-electron chi connectivity index (χ1n) is 9.14. The zero-order chi connectivity index (χ0) is 19.2. The van der Waals surface area contributed by atoms with Crippen LogP contribution in [0.1, 0.15) is 37.1 Å². The topological polar surface area (TPSA) is 74.6 Å². The number of hydrogen-bond acceptors (Lipinski definition) is 3. The number of nitrogens with one attached hydrogen (secondary N) is 2. The standard InChI is InChI=1S/C20H24BrN3O3/c1-14(17-6-2-3-7-18(17)21)23-20(26)24-10-8-15(9-11-24)19(25)22-13-16-5-4-12-27-16/h2-7,12,14-15H,8-11,13H2,1H3,(H,22,25)(H,23,26). The minimum atomic E-state index is -0.0950. The van der Waals surface area contributed by atoms with Gasteiger partial charge in [0.2, 0.25) is 5.91 Å². The van der Waals surface area contributed by atoms with Gasteiger partial charge in [0, 0.05) is 23.5 Å². The molecule has 2 N–H and O–H groups in total. The van der Waals surface area contributed by atoms with Gasteiger partial charge in [0.05, 0.1) is 18.8 Å². The van der Waals surface area contributed by atoms with E-state index < -0.39 is 0 Å². The highest BCUT2D eigenvalue weighted by atomic mass is 79.9. The van der Waals surface area contributed by atoms with Crippen molar-refractivity contribution in [2.75, 3.05) is 13.1 Å². The number of likely N-dealkylation sites (tertiary alicyclic amines) is 1. The van der Waals surface area contributed by atoms with Gasteiger partial charge in [-0.3, -0.25) is 4.79 Å². The quantitative estimate of drug-likeness (QED) is 0.751. The Hall–Kier alpha value is -2.28. The van der Waals surface area contributed by atoms with Crippen molar-refractivity contribution in [1.29, 1.82) is 0 Å². The number of benzene rings is 1. The van der Waals surface area contributed by atoms with Crippen LogP contribution in [0.2, 0.25) is 0 Å². The zero-order valence-corrected chi connectivity index (χ0v) is 16.9. The monoisotopic (exact) mass is 433 g/mol. The van der Waals surface area contributed by atoms with Crippen molar-refractivity contribution in [2.24, 2.45) is 5.92 Å². The van der Waals surface area contributed by atoms with Crippen molar-refractivity contribution in [3.05, 3.63) is 58.5 Å². The molecule has 0 spiro atoms. The summed E-state index contributed by atoms with van der Waals surface area (Å²) in [6, 6.07) is 11.3. The Labute approximate surface area is 167 Å². The van der Waals surface area contributed by atoms with Crippen LogP contribution in [0.25, 0.3) is 0 Å². The summed E-state index contributed by atoms with van der Waals surface area (Å²) in [5.41, 5.74) is 1.04. The molecular formula is C20H24BrN3O3. The summed E-state index contributed by atoms with van der Waals surface area (Å²) >= 11 is 3.52. The SMILES string of the molecule is CC(NC(=O)N1CCC(C(=O)NCc2ccco2)CC1)c1ccccc1Br. The van der Waals surface area contributed by atoms with Crippen LogP contribution in [0.15, 0.2) is 51.6 Å². The van der Waals surface area contributed by atoms with Crippen LogP contribution >= 0.6 is 15.9 Å². The number of carbonyl (C=O) groups excluding carboxylic acids is 2. The van der Waals surface area contributed by atoms with Gasteiger partial charge in [-0.15, -0.1) is 0 Å². The number of carbonyl (C=O) groups is 2. The van der Waals surface area contributed by atoms with Crippen molar-refractivity contribution >= 4 is 27.9 Å². The fraction of sp³-hybridized carbons (Fsp3) is 0.400. The molecule has 0 saturated carbocycles. The lowest BCUT2D eigenvalue weighted by Gasteiger charge is -2.32. The number of furan rings is 1. The van der Waals surface area contributed by atoms with E-state index in [-0.39, 0.29) is 23.9 Å². The molecule has 7 heteroatoms. The number of piperidine rings is 1. The summed E-state index contributed by atoms with van der Waals surface area (Å²) in [5, 5.41) is 5.94. The Morgan fingerprint density at radius 3 is 2.63 bits per heavy atom. The maximum absolute atomic E-state index is 12.5. The lowest BCUT2D eigenvalue weighted by atomic mass is 9.96. The fourth-order valence-electron chi connectivity index (χ4n) is 3.26. The molecule has 6 nitrogen and oxygen atoms in total. The largest absolute Gasteiger partial charge is 0.467 e. The number of rotatable bonds is 5. The number of nitrogens with zero attached hydrogens (tertiary/aromatic N) is 1. The summed E-state index contributed by atoms with van der Waals surface area (Å²) < 4.78 is 6.20. The first kappa shape index (κ1) is 19.5. The van der Waals surface area contributed by atoms with E-state index in [2.05, 4.69) is 26.6 Å². The van der Waals surface area contributed by atoms with E-state index in [1.807, 2.05) is 37.3 Å². The highest BCUT2D eigenvalue weighted by Gasteiger charge is 2.28. The second-order valence-electron chi connectivity index (χ2n) is 6.75. The van der Waals surface area contributed by atoms with E-state index in [1.54, 1.807) is 17.2 Å². The Bertz CT molecular complexity index is 771. The maximum atomic E-state index is 12.5. The average molecular weight is 434 g/mol. The summed E-state index contributed by atoms with van der Waals surface area (Å²) in [5.74, 6) is 0.693. The highest BCUT2D eigenvalue weighted by molar-refractivity contribution is 9.10. The van der Waals surface area contributed by atoms with Gasteiger partial charge in [0.1, 0.15) is 5.76 Å². The Morgan fingerprint density at radius 1 is 1.22 bits per heavy atom. The molecule has 2 heterocycles. The number of hydrogen-bond donors (Lipinski definition) is 2. The zero-order valence-electron chi connectivity index (χ0n) is 15.3. The molecule has 3 amide bonds. The molecular weight excluding hydrogens is 410 g/mol. The minimum absolute atomic E-state index is 0.0213. The van der Waals surface area contributed by atoms with Gasteiger partial charge >= 0.3 is 6.03 Å². The van der Waals surface area contributed by atoms with Gasteiger partial charge in [-0.05, 0) is 43.5 Å². The summed E-state index contributed by atoms with van der Waals surface area (Å²) in [6.07, 6.45) is 2.93. The third-order valence-corrected chi connectivity index (χ3v) is 5.60. The molecule has 144 valence electrons. The predicted octanol–water partition coefficient (Wildman–Crippen LogP) is 3.84. The molecule has 1 saturated heterocycles. The Morgan fingerprint density at radius 2 is 1.96 bits per heavy atom. The van der Waals surface area contributed by atoms with Gasteiger partial charge in [-0.1, -0.05) is 34.1 Å². The van der Waals surface area contributed by atoms with E-state index in [0.717, 1.165) is 15.8 Å². The van der Waals surface area contributed by atoms with Crippen molar-refractivity contribution in [2.45, 2.75) is 32.4 Å². The molecule has 1 aliphatic rings. The lowest BCUT2D eigenvalue weighted by molar-refractivity contribution is -0.126. The first-order valence-corrected chi connectivity index (χ1v) is 9.94. The summed E-state index contributed by atoms with van der Waals surface area (Å²) in [6.45, 7) is 3.52. The van der Waals surface area contributed by atoms with E-state index >= 15 is 0 Å². The number of urea groups is 1. The highest BCUT2D eigenvalue weighted by Crippen LogP contribution is 2.23. The van der Waals surface area contributed by atoms with E-state index in [1.165, 1.54) is 0 Å². The smallest absolute Gasteiger partial charge is 0.317 e. The van der Waals surface area contributed by atoms with Gasteiger partial charge in [-0.25, -0.2) is 4.79 Å². The van der Waals surface area contributed by atoms with Crippen molar-refractivity contribution in [3.63, 3.8) is 0 Å². The van der Waals surface area contributed by atoms with Crippen LogP contribution in [0.3, 0.4) is 0 Å². The van der Waals surface area contributed by atoms with E-state index in [0.29, 0.717) is 32.5 Å². The molecule has 27 heavy (non-hydrogen) atoms. The van der Waals surface area contributed by atoms with Crippen LogP contribution in [-0.4, -0.2) is 29.9 Å². The van der Waals surface area contributed by atoms with Crippen molar-refractivity contribution in [3.8, 4) is 0 Å². The molecule has 0 bridgehead atoms. The summed E-state index contributed by atoms with van der Waals surface area (Å²) in [4.78, 5) is 26.6. The van der Waals surface area contributed by atoms with Crippen LogP contribution < -0.4 is 10.6 Å². The molecule has 1 aromatic carbocycles. The maximum Gasteiger partial charge on any atom is 0.317 e. The average Bonchev–Trinajstić information content (AvgIpc) is 3.20. The van der Waals surface area contributed by atoms with Crippen LogP contribution in [-0.2, 0) is 11.3 Å². The Kier molecular flexibility index (Phi) is 6.55. The van der Waals surface area contributed by atoms with Crippen molar-refractivity contribution < 1.29 is 14.0 Å². The van der Waals surface area contributed by atoms with Crippen LogP contribution in [0.4, 0.5) is 4.79 Å². The molecule has 1 fully saturated rings. The van der Waals surface area contributed by atoms with Gasteiger partial charge in [-0.2, -0.15) is 0 Å². The molecule has 0 radical (unpaired) electrons. The second-order valence-corrected chi connectivity index (χ2v) is 7.61. The van der Waals surface area contributed by atoms with E-state index in [4.69, 9.17) is 4.42 Å². The fourth-order valence-corrected chi connectivity index (χ4v) is 3.89. The second kappa shape index (κ2) is 9.08. The van der Waals surface area contributed by atoms with E-state index in [9.17, 15) is 9.59 Å². The molecule has 2 aromatic rings. The van der Waals surface area contributed by atoms with Gasteiger partial charge in [0.15, 0.2) is 0 Å². The molecule has 1 unspecified atom stereocenters. The summed E-state index contributed by atoms with van der Waals surface area (Å²) in [7, 11) is 0. The number of amides is 3. The van der Waals surface area contributed by atoms with Crippen LogP contribution in [0.5, 0.6) is 0 Å². The first-order chi connectivity index (χ1) is 13.0. The molecule has 0 aliphatic carbocycles. The molecule has 1 aliphatic heterocycles. The lowest BCUT2D eigenvalue weighted by Crippen LogP contribution is -2.47. The normalized spacial score (nSPS) is 16.0. The predicted molar refractivity (Wildman–Crippen MR) is 106 cm³/mol. The number of halogens is 1. The van der Waals surface area contributed by atoms with Gasteiger partial charge in [0.25, 0.3) is 0 Å². The van der Waals surface area contributed by atoms with Crippen LogP contribution in [0, 0.1) is 5.92 Å². The molecule has 1 aromatic heterocycles. The third-order valence-electron chi connectivity index (χ3n) is 4.88. The Balaban J connectivity index is 1.45.